The van der Waals surface area contributed by atoms with Gasteiger partial charge in [0.1, 0.15) is 5.41 Å². The van der Waals surface area contributed by atoms with Crippen molar-refractivity contribution in [1.29, 1.82) is 5.26 Å². The summed E-state index contributed by atoms with van der Waals surface area (Å²) >= 11 is 0. The topological polar surface area (TPSA) is 52.9 Å². The molecule has 94 valence electrons. The number of carbonyl (C=O) groups is 1. The third-order valence-electron chi connectivity index (χ3n) is 4.54. The summed E-state index contributed by atoms with van der Waals surface area (Å²) in [6.07, 6.45) is 7.52. The maximum absolute atomic E-state index is 12.0. The molecule has 0 aromatic carbocycles. The number of rotatable bonds is 3. The van der Waals surface area contributed by atoms with Gasteiger partial charge in [-0.1, -0.05) is 19.8 Å². The summed E-state index contributed by atoms with van der Waals surface area (Å²) in [6, 6.07) is 2.20. The highest BCUT2D eigenvalue weighted by Gasteiger charge is 2.44. The molecule has 17 heavy (non-hydrogen) atoms. The van der Waals surface area contributed by atoms with Crippen molar-refractivity contribution in [2.45, 2.75) is 51.9 Å². The van der Waals surface area contributed by atoms with Crippen LogP contribution in [0.4, 0.5) is 0 Å². The Balaban J connectivity index is 1.75. The Kier molecular flexibility index (Phi) is 3.71. The van der Waals surface area contributed by atoms with E-state index in [4.69, 9.17) is 5.26 Å². The monoisotopic (exact) mass is 234 g/mol. The SMILES string of the molecule is CC1CCC(CNC(=O)C2(C#N)CCC2)CC1. The minimum atomic E-state index is -0.679. The van der Waals surface area contributed by atoms with Gasteiger partial charge in [0.15, 0.2) is 0 Å². The summed E-state index contributed by atoms with van der Waals surface area (Å²) < 4.78 is 0. The van der Waals surface area contributed by atoms with E-state index in [9.17, 15) is 4.79 Å². The molecule has 1 N–H and O–H groups in total. The molecule has 2 rings (SSSR count). The average Bonchev–Trinajstić information content (AvgIpc) is 2.27. The molecule has 0 aromatic heterocycles. The van der Waals surface area contributed by atoms with Crippen molar-refractivity contribution in [2.75, 3.05) is 6.54 Å². The van der Waals surface area contributed by atoms with Crippen LogP contribution in [0.2, 0.25) is 0 Å². The zero-order valence-corrected chi connectivity index (χ0v) is 10.7. The minimum Gasteiger partial charge on any atom is -0.354 e. The first-order valence-corrected chi connectivity index (χ1v) is 6.86. The highest BCUT2D eigenvalue weighted by atomic mass is 16.2. The van der Waals surface area contributed by atoms with E-state index in [-0.39, 0.29) is 5.91 Å². The van der Waals surface area contributed by atoms with Gasteiger partial charge in [-0.3, -0.25) is 4.79 Å². The summed E-state index contributed by atoms with van der Waals surface area (Å²) in [5, 5.41) is 12.1. The van der Waals surface area contributed by atoms with E-state index >= 15 is 0 Å². The van der Waals surface area contributed by atoms with Crippen LogP contribution in [0.25, 0.3) is 0 Å². The lowest BCUT2D eigenvalue weighted by Gasteiger charge is -2.34. The highest BCUT2D eigenvalue weighted by Crippen LogP contribution is 2.40. The van der Waals surface area contributed by atoms with Gasteiger partial charge in [-0.2, -0.15) is 5.26 Å². The van der Waals surface area contributed by atoms with Gasteiger partial charge in [0.05, 0.1) is 6.07 Å². The smallest absolute Gasteiger partial charge is 0.240 e. The van der Waals surface area contributed by atoms with Crippen LogP contribution in [0.3, 0.4) is 0 Å². The molecule has 0 saturated heterocycles. The molecular formula is C14H22N2O. The van der Waals surface area contributed by atoms with Crippen LogP contribution in [0.1, 0.15) is 51.9 Å². The van der Waals surface area contributed by atoms with Crippen molar-refractivity contribution in [3.05, 3.63) is 0 Å². The standard InChI is InChI=1S/C14H22N2O/c1-11-3-5-12(6-4-11)9-16-13(17)14(10-15)7-2-8-14/h11-12H,2-9H2,1H3,(H,16,17). The Morgan fingerprint density at radius 3 is 2.47 bits per heavy atom. The second-order valence-corrected chi connectivity index (χ2v) is 5.88. The van der Waals surface area contributed by atoms with Crippen LogP contribution in [0, 0.1) is 28.6 Å². The predicted octanol–water partition coefficient (Wildman–Crippen LogP) is 2.62. The minimum absolute atomic E-state index is 0.0233. The van der Waals surface area contributed by atoms with Crippen molar-refractivity contribution in [2.24, 2.45) is 17.3 Å². The molecule has 3 heteroatoms. The highest BCUT2D eigenvalue weighted by molar-refractivity contribution is 5.86. The van der Waals surface area contributed by atoms with Crippen LogP contribution in [0.5, 0.6) is 0 Å². The lowest BCUT2D eigenvalue weighted by molar-refractivity contribution is -0.132. The molecule has 2 saturated carbocycles. The Morgan fingerprint density at radius 2 is 2.00 bits per heavy atom. The first kappa shape index (κ1) is 12.4. The van der Waals surface area contributed by atoms with Gasteiger partial charge < -0.3 is 5.32 Å². The number of carbonyl (C=O) groups excluding carboxylic acids is 1. The summed E-state index contributed by atoms with van der Waals surface area (Å²) in [6.45, 7) is 3.07. The first-order chi connectivity index (χ1) is 8.16. The number of hydrogen-bond donors (Lipinski definition) is 1. The summed E-state index contributed by atoms with van der Waals surface area (Å²) in [7, 11) is 0. The fourth-order valence-corrected chi connectivity index (χ4v) is 2.86. The van der Waals surface area contributed by atoms with E-state index in [1.54, 1.807) is 0 Å². The summed E-state index contributed by atoms with van der Waals surface area (Å²) in [5.74, 6) is 1.45. The van der Waals surface area contributed by atoms with Crippen LogP contribution in [-0.2, 0) is 4.79 Å². The van der Waals surface area contributed by atoms with E-state index in [0.717, 1.165) is 31.7 Å². The van der Waals surface area contributed by atoms with Crippen LogP contribution in [0.15, 0.2) is 0 Å². The number of nitriles is 1. The van der Waals surface area contributed by atoms with E-state index in [0.29, 0.717) is 5.92 Å². The van der Waals surface area contributed by atoms with Gasteiger partial charge in [-0.25, -0.2) is 0 Å². The van der Waals surface area contributed by atoms with Crippen LogP contribution in [-0.4, -0.2) is 12.5 Å². The van der Waals surface area contributed by atoms with Crippen LogP contribution >= 0.6 is 0 Å². The first-order valence-electron chi connectivity index (χ1n) is 6.86. The van der Waals surface area contributed by atoms with Crippen molar-refractivity contribution in [3.63, 3.8) is 0 Å². The molecular weight excluding hydrogens is 212 g/mol. The van der Waals surface area contributed by atoms with Gasteiger partial charge in [-0.05, 0) is 43.9 Å². The molecule has 0 heterocycles. The number of nitrogens with zero attached hydrogens (tertiary/aromatic N) is 1. The zero-order valence-electron chi connectivity index (χ0n) is 10.7. The maximum Gasteiger partial charge on any atom is 0.240 e. The second-order valence-electron chi connectivity index (χ2n) is 5.88. The van der Waals surface area contributed by atoms with Gasteiger partial charge in [0, 0.05) is 6.54 Å². The zero-order chi connectivity index (χ0) is 12.3. The lowest BCUT2D eigenvalue weighted by atomic mass is 9.69. The number of hydrogen-bond acceptors (Lipinski definition) is 2. The van der Waals surface area contributed by atoms with Crippen molar-refractivity contribution >= 4 is 5.91 Å². The third kappa shape index (κ3) is 2.62. The molecule has 0 bridgehead atoms. The van der Waals surface area contributed by atoms with Gasteiger partial charge in [0.2, 0.25) is 5.91 Å². The predicted molar refractivity (Wildman–Crippen MR) is 66.0 cm³/mol. The molecule has 0 unspecified atom stereocenters. The van der Waals surface area contributed by atoms with Crippen molar-refractivity contribution in [1.82, 2.24) is 5.32 Å². The molecule has 3 nitrogen and oxygen atoms in total. The summed E-state index contributed by atoms with van der Waals surface area (Å²) in [5.41, 5.74) is -0.679. The van der Waals surface area contributed by atoms with E-state index in [1.807, 2.05) is 0 Å². The quantitative estimate of drug-likeness (QED) is 0.816. The average molecular weight is 234 g/mol. The normalized spacial score (nSPS) is 31.1. The Bertz CT molecular complexity index is 320. The summed E-state index contributed by atoms with van der Waals surface area (Å²) in [4.78, 5) is 12.0. The van der Waals surface area contributed by atoms with Crippen LogP contribution < -0.4 is 5.32 Å². The largest absolute Gasteiger partial charge is 0.354 e. The molecule has 2 aliphatic carbocycles. The van der Waals surface area contributed by atoms with Crippen molar-refractivity contribution < 1.29 is 4.79 Å². The lowest BCUT2D eigenvalue weighted by Crippen LogP contribution is -2.46. The maximum atomic E-state index is 12.0. The van der Waals surface area contributed by atoms with E-state index in [2.05, 4.69) is 18.3 Å². The molecule has 0 radical (unpaired) electrons. The molecule has 2 aliphatic rings. The molecule has 0 aliphatic heterocycles. The molecule has 0 atom stereocenters. The Hall–Kier alpha value is -1.04. The molecule has 0 aromatic rings. The second kappa shape index (κ2) is 5.08. The number of nitrogens with one attached hydrogen (secondary N) is 1. The van der Waals surface area contributed by atoms with E-state index < -0.39 is 5.41 Å². The van der Waals surface area contributed by atoms with Gasteiger partial charge >= 0.3 is 0 Å². The number of amides is 1. The van der Waals surface area contributed by atoms with Crippen molar-refractivity contribution in [3.8, 4) is 6.07 Å². The fourth-order valence-electron chi connectivity index (χ4n) is 2.86. The molecule has 2 fully saturated rings. The molecule has 1 amide bonds. The van der Waals surface area contributed by atoms with Gasteiger partial charge in [0.25, 0.3) is 0 Å². The third-order valence-corrected chi connectivity index (χ3v) is 4.54. The molecule has 0 spiro atoms. The Labute approximate surface area is 104 Å². The van der Waals surface area contributed by atoms with Gasteiger partial charge in [-0.15, -0.1) is 0 Å². The Morgan fingerprint density at radius 1 is 1.35 bits per heavy atom. The fraction of sp³-hybridized carbons (Fsp3) is 0.857. The van der Waals surface area contributed by atoms with E-state index in [1.165, 1.54) is 25.7 Å².